The molecule has 8 heteroatoms. The van der Waals surface area contributed by atoms with Gasteiger partial charge in [-0.25, -0.2) is 14.8 Å². The lowest BCUT2D eigenvalue weighted by atomic mass is 10.2. The Labute approximate surface area is 151 Å². The largest absolute Gasteiger partial charge is 0.508 e. The van der Waals surface area contributed by atoms with Gasteiger partial charge >= 0.3 is 5.97 Å². The fourth-order valence-corrected chi connectivity index (χ4v) is 2.73. The average Bonchev–Trinajstić information content (AvgIpc) is 2.67. The number of benzene rings is 1. The van der Waals surface area contributed by atoms with Crippen LogP contribution in [0.4, 0.5) is 5.82 Å². The van der Waals surface area contributed by atoms with Crippen LogP contribution in [-0.2, 0) is 9.47 Å². The SMILES string of the molecule is CCOC(=O)c1nc(-c2cccc(O)c2)nc(N2CCOCC2)c1OC. The Hall–Kier alpha value is -2.87. The topological polar surface area (TPSA) is 94.0 Å². The lowest BCUT2D eigenvalue weighted by molar-refractivity contribution is 0.0515. The van der Waals surface area contributed by atoms with E-state index in [2.05, 4.69) is 9.97 Å². The molecule has 0 spiro atoms. The summed E-state index contributed by atoms with van der Waals surface area (Å²) >= 11 is 0. The zero-order valence-corrected chi connectivity index (χ0v) is 14.8. The molecule has 0 saturated carbocycles. The number of ether oxygens (including phenoxy) is 3. The minimum Gasteiger partial charge on any atom is -0.508 e. The number of carbonyl (C=O) groups is 1. The molecule has 0 bridgehead atoms. The molecular weight excluding hydrogens is 338 g/mol. The highest BCUT2D eigenvalue weighted by Crippen LogP contribution is 2.33. The third-order valence-electron chi connectivity index (χ3n) is 3.94. The zero-order chi connectivity index (χ0) is 18.5. The van der Waals surface area contributed by atoms with E-state index >= 15 is 0 Å². The first-order valence-electron chi connectivity index (χ1n) is 8.39. The van der Waals surface area contributed by atoms with Crippen LogP contribution in [0, 0.1) is 0 Å². The molecule has 2 heterocycles. The molecule has 26 heavy (non-hydrogen) atoms. The number of carbonyl (C=O) groups excluding carboxylic acids is 1. The van der Waals surface area contributed by atoms with Crippen LogP contribution < -0.4 is 9.64 Å². The van der Waals surface area contributed by atoms with Crippen LogP contribution in [0.15, 0.2) is 24.3 Å². The van der Waals surface area contributed by atoms with E-state index in [1.807, 2.05) is 4.90 Å². The van der Waals surface area contributed by atoms with E-state index < -0.39 is 5.97 Å². The minimum absolute atomic E-state index is 0.0594. The van der Waals surface area contributed by atoms with Crippen LogP contribution >= 0.6 is 0 Å². The molecule has 0 aliphatic carbocycles. The molecule has 2 aromatic rings. The minimum atomic E-state index is -0.581. The van der Waals surface area contributed by atoms with Crippen LogP contribution in [0.2, 0.25) is 0 Å². The first kappa shape index (κ1) is 17.9. The third-order valence-corrected chi connectivity index (χ3v) is 3.94. The Morgan fingerprint density at radius 1 is 1.31 bits per heavy atom. The highest BCUT2D eigenvalue weighted by atomic mass is 16.5. The van der Waals surface area contributed by atoms with Gasteiger partial charge in [-0.3, -0.25) is 0 Å². The summed E-state index contributed by atoms with van der Waals surface area (Å²) < 4.78 is 16.0. The third kappa shape index (κ3) is 3.70. The van der Waals surface area contributed by atoms with Gasteiger partial charge in [0.05, 0.1) is 26.9 Å². The second-order valence-corrected chi connectivity index (χ2v) is 5.62. The zero-order valence-electron chi connectivity index (χ0n) is 14.8. The number of morpholine rings is 1. The van der Waals surface area contributed by atoms with Crippen molar-refractivity contribution < 1.29 is 24.1 Å². The van der Waals surface area contributed by atoms with Gasteiger partial charge in [0.15, 0.2) is 23.1 Å². The average molecular weight is 359 g/mol. The predicted molar refractivity (Wildman–Crippen MR) is 94.7 cm³/mol. The molecular formula is C18H21N3O5. The highest BCUT2D eigenvalue weighted by molar-refractivity contribution is 5.93. The predicted octanol–water partition coefficient (Wildman–Crippen LogP) is 1.87. The van der Waals surface area contributed by atoms with Crippen LogP contribution in [0.1, 0.15) is 17.4 Å². The Bertz CT molecular complexity index is 790. The normalized spacial score (nSPS) is 14.2. The van der Waals surface area contributed by atoms with E-state index in [9.17, 15) is 9.90 Å². The van der Waals surface area contributed by atoms with E-state index in [1.54, 1.807) is 31.2 Å². The van der Waals surface area contributed by atoms with Crippen molar-refractivity contribution >= 4 is 11.8 Å². The number of aromatic nitrogens is 2. The van der Waals surface area contributed by atoms with Crippen molar-refractivity contribution in [1.82, 2.24) is 9.97 Å². The maximum Gasteiger partial charge on any atom is 0.361 e. The molecule has 0 atom stereocenters. The maximum absolute atomic E-state index is 12.4. The Morgan fingerprint density at radius 2 is 2.08 bits per heavy atom. The number of phenols is 1. The molecule has 0 amide bonds. The summed E-state index contributed by atoms with van der Waals surface area (Å²) in [6.07, 6.45) is 0. The molecule has 138 valence electrons. The summed E-state index contributed by atoms with van der Waals surface area (Å²) in [5.74, 6) is 0.600. The number of aromatic hydroxyl groups is 1. The molecule has 8 nitrogen and oxygen atoms in total. The van der Waals surface area contributed by atoms with Crippen LogP contribution in [0.3, 0.4) is 0 Å². The maximum atomic E-state index is 12.4. The second-order valence-electron chi connectivity index (χ2n) is 5.62. The molecule has 0 radical (unpaired) electrons. The van der Waals surface area contributed by atoms with Crippen molar-refractivity contribution in [3.8, 4) is 22.9 Å². The van der Waals surface area contributed by atoms with Crippen molar-refractivity contribution in [2.75, 3.05) is 44.9 Å². The monoisotopic (exact) mass is 359 g/mol. The van der Waals surface area contributed by atoms with E-state index in [0.717, 1.165) is 0 Å². The van der Waals surface area contributed by atoms with Gasteiger partial charge in [-0.2, -0.15) is 0 Å². The van der Waals surface area contributed by atoms with Crippen molar-refractivity contribution in [1.29, 1.82) is 0 Å². The van der Waals surface area contributed by atoms with Crippen molar-refractivity contribution in [3.63, 3.8) is 0 Å². The summed E-state index contributed by atoms with van der Waals surface area (Å²) in [5.41, 5.74) is 0.650. The molecule has 1 aromatic heterocycles. The number of phenolic OH excluding ortho intramolecular Hbond substituents is 1. The van der Waals surface area contributed by atoms with Gasteiger partial charge in [0, 0.05) is 18.7 Å². The van der Waals surface area contributed by atoms with Crippen LogP contribution in [-0.4, -0.2) is 61.1 Å². The fourth-order valence-electron chi connectivity index (χ4n) is 2.73. The van der Waals surface area contributed by atoms with Crippen molar-refractivity contribution in [3.05, 3.63) is 30.0 Å². The van der Waals surface area contributed by atoms with Gasteiger partial charge in [-0.05, 0) is 19.1 Å². The number of rotatable bonds is 5. The van der Waals surface area contributed by atoms with E-state index in [0.29, 0.717) is 43.5 Å². The Balaban J connectivity index is 2.15. The number of hydrogen-bond donors (Lipinski definition) is 1. The summed E-state index contributed by atoms with van der Waals surface area (Å²) in [7, 11) is 1.47. The molecule has 1 N–H and O–H groups in total. The van der Waals surface area contributed by atoms with Gasteiger partial charge in [-0.1, -0.05) is 12.1 Å². The van der Waals surface area contributed by atoms with Gasteiger partial charge in [0.1, 0.15) is 5.75 Å². The molecule has 1 aliphatic heterocycles. The summed E-state index contributed by atoms with van der Waals surface area (Å²) in [6.45, 7) is 4.31. The smallest absolute Gasteiger partial charge is 0.361 e. The lowest BCUT2D eigenvalue weighted by Crippen LogP contribution is -2.37. The standard InChI is InChI=1S/C18H21N3O5/c1-3-26-18(23)14-15(24-2)17(21-7-9-25-10-8-21)20-16(19-14)12-5-4-6-13(22)11-12/h4-6,11,22H,3,7-10H2,1-2H3. The summed E-state index contributed by atoms with van der Waals surface area (Å²) in [5, 5.41) is 9.76. The Kier molecular flexibility index (Phi) is 5.52. The van der Waals surface area contributed by atoms with Gasteiger partial charge < -0.3 is 24.2 Å². The number of esters is 1. The molecule has 0 unspecified atom stereocenters. The number of nitrogens with zero attached hydrogens (tertiary/aromatic N) is 3. The molecule has 1 aromatic carbocycles. The number of hydrogen-bond acceptors (Lipinski definition) is 8. The van der Waals surface area contributed by atoms with E-state index in [-0.39, 0.29) is 23.8 Å². The lowest BCUT2D eigenvalue weighted by Gasteiger charge is -2.29. The van der Waals surface area contributed by atoms with Crippen LogP contribution in [0.5, 0.6) is 11.5 Å². The summed E-state index contributed by atoms with van der Waals surface area (Å²) in [4.78, 5) is 23.4. The first-order valence-corrected chi connectivity index (χ1v) is 8.39. The summed E-state index contributed by atoms with van der Waals surface area (Å²) in [6, 6.07) is 6.55. The quantitative estimate of drug-likeness (QED) is 0.809. The number of anilines is 1. The van der Waals surface area contributed by atoms with Gasteiger partial charge in [0.2, 0.25) is 0 Å². The van der Waals surface area contributed by atoms with Gasteiger partial charge in [-0.15, -0.1) is 0 Å². The molecule has 1 fully saturated rings. The first-order chi connectivity index (χ1) is 12.6. The second kappa shape index (κ2) is 8.01. The van der Waals surface area contributed by atoms with Crippen LogP contribution in [0.25, 0.3) is 11.4 Å². The molecule has 3 rings (SSSR count). The molecule has 1 aliphatic rings. The van der Waals surface area contributed by atoms with Crippen molar-refractivity contribution in [2.24, 2.45) is 0 Å². The highest BCUT2D eigenvalue weighted by Gasteiger charge is 2.27. The van der Waals surface area contributed by atoms with Gasteiger partial charge in [0.25, 0.3) is 0 Å². The van der Waals surface area contributed by atoms with E-state index in [4.69, 9.17) is 14.2 Å². The van der Waals surface area contributed by atoms with Crippen molar-refractivity contribution in [2.45, 2.75) is 6.92 Å². The fraction of sp³-hybridized carbons (Fsp3) is 0.389. The molecule has 1 saturated heterocycles. The Morgan fingerprint density at radius 3 is 2.73 bits per heavy atom. The van der Waals surface area contributed by atoms with E-state index in [1.165, 1.54) is 7.11 Å². The number of methoxy groups -OCH3 is 1.